The van der Waals surface area contributed by atoms with Crippen LogP contribution in [0.3, 0.4) is 0 Å². The summed E-state index contributed by atoms with van der Waals surface area (Å²) in [4.78, 5) is 4.00. The molecule has 0 aliphatic carbocycles. The van der Waals surface area contributed by atoms with Crippen LogP contribution < -0.4 is 0 Å². The Morgan fingerprint density at radius 1 is 1.38 bits per heavy atom. The number of aryl methyl sites for hydroxylation is 1. The number of aromatic nitrogens is 1. The topological polar surface area (TPSA) is 32.9 Å². The average Bonchev–Trinajstić information content (AvgIpc) is 2.46. The van der Waals surface area contributed by atoms with Crippen molar-refractivity contribution in [1.82, 2.24) is 4.98 Å². The molecule has 0 bridgehead atoms. The molecule has 0 saturated heterocycles. The van der Waals surface area contributed by atoms with Crippen molar-refractivity contribution < 1.29 is 4.21 Å². The highest BCUT2D eigenvalue weighted by Crippen LogP contribution is 2.21. The summed E-state index contributed by atoms with van der Waals surface area (Å²) in [6, 6.07) is 6.11. The van der Waals surface area contributed by atoms with Crippen LogP contribution in [0.1, 0.15) is 5.56 Å². The van der Waals surface area contributed by atoms with Gasteiger partial charge in [0.25, 0.3) is 0 Å². The first-order chi connectivity index (χ1) is 6.18. The van der Waals surface area contributed by atoms with E-state index in [4.69, 9.17) is 0 Å². The Morgan fingerprint density at radius 3 is 2.85 bits per heavy atom. The predicted octanol–water partition coefficient (Wildman–Crippen LogP) is 2.21. The van der Waals surface area contributed by atoms with Crippen LogP contribution in [-0.4, -0.2) is 15.4 Å². The van der Waals surface area contributed by atoms with E-state index in [9.17, 15) is 4.21 Å². The van der Waals surface area contributed by atoms with Gasteiger partial charge in [0.15, 0.2) is 0 Å². The molecule has 1 N–H and O–H groups in total. The lowest BCUT2D eigenvalue weighted by Gasteiger charge is -1.94. The monoisotopic (exact) mass is 193 g/mol. The van der Waals surface area contributed by atoms with Gasteiger partial charge >= 0.3 is 0 Å². The summed E-state index contributed by atoms with van der Waals surface area (Å²) in [5.41, 5.74) is 2.27. The molecule has 3 heteroatoms. The highest BCUT2D eigenvalue weighted by molar-refractivity contribution is 7.84. The first kappa shape index (κ1) is 8.51. The standard InChI is InChI=1S/C10H11NOS/c1-7-3-4-8-9(5-7)11-6-10(8)13(2)12/h3-6,11H,1-2H3. The number of rotatable bonds is 1. The van der Waals surface area contributed by atoms with Crippen molar-refractivity contribution in [2.75, 3.05) is 6.26 Å². The molecular formula is C10H11NOS. The SMILES string of the molecule is Cc1ccc2c(S(C)=O)c[nH]c2c1. The number of nitrogens with one attached hydrogen (secondary N) is 1. The van der Waals surface area contributed by atoms with Gasteiger partial charge < -0.3 is 4.98 Å². The van der Waals surface area contributed by atoms with E-state index in [0.29, 0.717) is 0 Å². The third-order valence-electron chi connectivity index (χ3n) is 2.11. The molecule has 0 aliphatic rings. The van der Waals surface area contributed by atoms with Crippen LogP contribution in [0.25, 0.3) is 10.9 Å². The molecular weight excluding hydrogens is 182 g/mol. The second kappa shape index (κ2) is 3.00. The van der Waals surface area contributed by atoms with Crippen molar-refractivity contribution in [2.24, 2.45) is 0 Å². The van der Waals surface area contributed by atoms with Gasteiger partial charge in [0, 0.05) is 23.4 Å². The maximum Gasteiger partial charge on any atom is 0.0638 e. The molecule has 1 heterocycles. The number of hydrogen-bond acceptors (Lipinski definition) is 1. The van der Waals surface area contributed by atoms with Gasteiger partial charge in [-0.1, -0.05) is 12.1 Å². The van der Waals surface area contributed by atoms with Crippen LogP contribution in [0.4, 0.5) is 0 Å². The Balaban J connectivity index is 2.76. The molecule has 1 atom stereocenters. The fraction of sp³-hybridized carbons (Fsp3) is 0.200. The van der Waals surface area contributed by atoms with E-state index in [1.165, 1.54) is 5.56 Å². The summed E-state index contributed by atoms with van der Waals surface area (Å²) in [7, 11) is -0.910. The maximum atomic E-state index is 11.3. The van der Waals surface area contributed by atoms with Crippen LogP contribution in [0.2, 0.25) is 0 Å². The number of fused-ring (bicyclic) bond motifs is 1. The van der Waals surface area contributed by atoms with Crippen LogP contribution >= 0.6 is 0 Å². The zero-order chi connectivity index (χ0) is 9.42. The molecule has 1 aromatic carbocycles. The number of hydrogen-bond donors (Lipinski definition) is 1. The van der Waals surface area contributed by atoms with Crippen molar-refractivity contribution in [1.29, 1.82) is 0 Å². The zero-order valence-corrected chi connectivity index (χ0v) is 8.44. The molecule has 13 heavy (non-hydrogen) atoms. The summed E-state index contributed by atoms with van der Waals surface area (Å²) in [5.74, 6) is 0. The summed E-state index contributed by atoms with van der Waals surface area (Å²) in [6.07, 6.45) is 3.52. The van der Waals surface area contributed by atoms with E-state index in [1.54, 1.807) is 6.26 Å². The van der Waals surface area contributed by atoms with Crippen molar-refractivity contribution in [3.05, 3.63) is 30.0 Å². The fourth-order valence-electron chi connectivity index (χ4n) is 1.45. The smallest absolute Gasteiger partial charge is 0.0638 e. The molecule has 1 unspecified atom stereocenters. The normalized spacial score (nSPS) is 13.4. The molecule has 2 aromatic rings. The molecule has 0 radical (unpaired) electrons. The molecule has 1 aromatic heterocycles. The predicted molar refractivity (Wildman–Crippen MR) is 55.4 cm³/mol. The van der Waals surface area contributed by atoms with Gasteiger partial charge in [0.2, 0.25) is 0 Å². The van der Waals surface area contributed by atoms with Crippen LogP contribution in [0.5, 0.6) is 0 Å². The lowest BCUT2D eigenvalue weighted by Crippen LogP contribution is -1.83. The molecule has 68 valence electrons. The second-order valence-electron chi connectivity index (χ2n) is 3.16. The van der Waals surface area contributed by atoms with E-state index in [-0.39, 0.29) is 0 Å². The minimum absolute atomic E-state index is 0.884. The van der Waals surface area contributed by atoms with Gasteiger partial charge in [-0.2, -0.15) is 0 Å². The second-order valence-corrected chi connectivity index (χ2v) is 4.50. The van der Waals surface area contributed by atoms with Crippen molar-refractivity contribution in [3.8, 4) is 0 Å². The van der Waals surface area contributed by atoms with Crippen molar-refractivity contribution in [2.45, 2.75) is 11.8 Å². The first-order valence-corrected chi connectivity index (χ1v) is 5.65. The van der Waals surface area contributed by atoms with Gasteiger partial charge in [-0.3, -0.25) is 4.21 Å². The molecule has 0 spiro atoms. The fourth-order valence-corrected chi connectivity index (χ4v) is 2.16. The Kier molecular flexibility index (Phi) is 1.96. The molecule has 2 rings (SSSR count). The van der Waals surface area contributed by atoms with Crippen molar-refractivity contribution in [3.63, 3.8) is 0 Å². The summed E-state index contributed by atoms with van der Waals surface area (Å²) in [5, 5.41) is 1.06. The number of H-pyrrole nitrogens is 1. The maximum absolute atomic E-state index is 11.3. The molecule has 0 amide bonds. The Morgan fingerprint density at radius 2 is 2.15 bits per heavy atom. The van der Waals surface area contributed by atoms with E-state index >= 15 is 0 Å². The van der Waals surface area contributed by atoms with Crippen LogP contribution in [-0.2, 0) is 10.8 Å². The van der Waals surface area contributed by atoms with Crippen LogP contribution in [0, 0.1) is 6.92 Å². The lowest BCUT2D eigenvalue weighted by molar-refractivity contribution is 0.687. The van der Waals surface area contributed by atoms with Crippen LogP contribution in [0.15, 0.2) is 29.3 Å². The minimum atomic E-state index is -0.910. The van der Waals surface area contributed by atoms with Crippen molar-refractivity contribution >= 4 is 21.7 Å². The first-order valence-electron chi connectivity index (χ1n) is 4.09. The van der Waals surface area contributed by atoms with E-state index < -0.39 is 10.8 Å². The average molecular weight is 193 g/mol. The third-order valence-corrected chi connectivity index (χ3v) is 3.07. The Hall–Kier alpha value is -1.09. The van der Waals surface area contributed by atoms with E-state index in [1.807, 2.05) is 25.3 Å². The number of aromatic amines is 1. The Labute approximate surface area is 79.4 Å². The molecule has 0 fully saturated rings. The summed E-state index contributed by atoms with van der Waals surface area (Å²) in [6.45, 7) is 2.04. The van der Waals surface area contributed by atoms with Gasteiger partial charge in [-0.15, -0.1) is 0 Å². The summed E-state index contributed by atoms with van der Waals surface area (Å²) >= 11 is 0. The number of benzene rings is 1. The van der Waals surface area contributed by atoms with Gasteiger partial charge in [-0.05, 0) is 18.6 Å². The molecule has 0 aliphatic heterocycles. The van der Waals surface area contributed by atoms with Gasteiger partial charge in [-0.25, -0.2) is 0 Å². The zero-order valence-electron chi connectivity index (χ0n) is 7.63. The molecule has 0 saturated carbocycles. The highest BCUT2D eigenvalue weighted by atomic mass is 32.2. The van der Waals surface area contributed by atoms with E-state index in [0.717, 1.165) is 15.8 Å². The Bertz CT molecular complexity index is 473. The minimum Gasteiger partial charge on any atom is -0.360 e. The van der Waals surface area contributed by atoms with Gasteiger partial charge in [0.05, 0.1) is 15.7 Å². The van der Waals surface area contributed by atoms with E-state index in [2.05, 4.69) is 11.1 Å². The quantitative estimate of drug-likeness (QED) is 0.740. The largest absolute Gasteiger partial charge is 0.360 e. The molecule has 2 nitrogen and oxygen atoms in total. The summed E-state index contributed by atoms with van der Waals surface area (Å²) < 4.78 is 11.3. The van der Waals surface area contributed by atoms with Gasteiger partial charge in [0.1, 0.15) is 0 Å². The third kappa shape index (κ3) is 1.40. The highest BCUT2D eigenvalue weighted by Gasteiger charge is 2.05. The lowest BCUT2D eigenvalue weighted by atomic mass is 10.2.